The van der Waals surface area contributed by atoms with Crippen LogP contribution in [0.1, 0.15) is 32.7 Å². The van der Waals surface area contributed by atoms with Gasteiger partial charge in [-0.1, -0.05) is 6.07 Å². The molecule has 7 nitrogen and oxygen atoms in total. The van der Waals surface area contributed by atoms with Gasteiger partial charge in [0.25, 0.3) is 11.5 Å². The van der Waals surface area contributed by atoms with Crippen LogP contribution in [0, 0.1) is 25.5 Å². The normalized spacial score (nSPS) is 11.5. The third-order valence-corrected chi connectivity index (χ3v) is 6.47. The summed E-state index contributed by atoms with van der Waals surface area (Å²) in [6.45, 7) is 2.84. The molecule has 2 aromatic heterocycles. The van der Waals surface area contributed by atoms with E-state index >= 15 is 0 Å². The van der Waals surface area contributed by atoms with Crippen LogP contribution in [-0.2, 0) is 12.7 Å². The Morgan fingerprint density at radius 2 is 1.71 bits per heavy atom. The van der Waals surface area contributed by atoms with Gasteiger partial charge in [0.15, 0.2) is 0 Å². The minimum Gasteiger partial charge on any atom is -0.457 e. The average molecular weight is 581 g/mol. The van der Waals surface area contributed by atoms with E-state index in [1.165, 1.54) is 59.3 Å². The molecule has 0 fully saturated rings. The van der Waals surface area contributed by atoms with Gasteiger partial charge in [-0.3, -0.25) is 14.6 Å². The van der Waals surface area contributed by atoms with Crippen LogP contribution in [0.5, 0.6) is 11.5 Å². The van der Waals surface area contributed by atoms with E-state index in [2.05, 4.69) is 15.3 Å². The summed E-state index contributed by atoms with van der Waals surface area (Å²) in [6, 6.07) is 12.5. The molecule has 0 bridgehead atoms. The first-order valence-corrected chi connectivity index (χ1v) is 12.5. The topological polar surface area (TPSA) is 86.1 Å². The van der Waals surface area contributed by atoms with Crippen molar-refractivity contribution in [1.82, 2.24) is 14.5 Å². The van der Waals surface area contributed by atoms with Crippen LogP contribution >= 0.6 is 0 Å². The largest absolute Gasteiger partial charge is 0.457 e. The van der Waals surface area contributed by atoms with Gasteiger partial charge in [-0.05, 0) is 74.0 Å². The van der Waals surface area contributed by atoms with Crippen LogP contribution in [0.15, 0.2) is 78.0 Å². The number of nitrogens with one attached hydrogen (secondary N) is 1. The highest BCUT2D eigenvalue weighted by Gasteiger charge is 2.39. The molecule has 0 unspecified atom stereocenters. The van der Waals surface area contributed by atoms with Crippen molar-refractivity contribution in [2.45, 2.75) is 26.6 Å². The molecule has 0 radical (unpaired) electrons. The molecule has 1 N–H and O–H groups in total. The van der Waals surface area contributed by atoms with Gasteiger partial charge in [-0.25, -0.2) is 8.78 Å². The fourth-order valence-corrected chi connectivity index (χ4v) is 4.46. The first-order chi connectivity index (χ1) is 19.9. The predicted octanol–water partition coefficient (Wildman–Crippen LogP) is 6.80. The number of halogens is 5. The Bertz CT molecular complexity index is 1880. The maximum atomic E-state index is 14.5. The zero-order chi connectivity index (χ0) is 30.2. The minimum absolute atomic E-state index is 0.0579. The molecule has 3 aromatic carbocycles. The maximum absolute atomic E-state index is 14.5. The molecule has 2 heterocycles. The molecule has 5 aromatic rings. The van der Waals surface area contributed by atoms with E-state index in [1.807, 2.05) is 0 Å². The fourth-order valence-electron chi connectivity index (χ4n) is 4.46. The molecule has 0 spiro atoms. The molecule has 0 atom stereocenters. The second-order valence-corrected chi connectivity index (χ2v) is 9.43. The van der Waals surface area contributed by atoms with Gasteiger partial charge >= 0.3 is 6.18 Å². The van der Waals surface area contributed by atoms with Crippen molar-refractivity contribution in [2.75, 3.05) is 5.32 Å². The van der Waals surface area contributed by atoms with Crippen molar-refractivity contribution in [2.24, 2.45) is 0 Å². The van der Waals surface area contributed by atoms with Gasteiger partial charge in [0.05, 0.1) is 40.7 Å². The number of nitrogens with zero attached hydrogens (tertiary/aromatic N) is 3. The molecule has 0 aliphatic heterocycles. The van der Waals surface area contributed by atoms with E-state index in [0.717, 1.165) is 18.5 Å². The Balaban J connectivity index is 1.52. The second-order valence-electron chi connectivity index (χ2n) is 9.43. The highest BCUT2D eigenvalue weighted by molar-refractivity contribution is 6.06. The Hall–Kier alpha value is -5.13. The fraction of sp³-hybridized carbons (Fsp3) is 0.133. The minimum atomic E-state index is -4.99. The molecule has 0 aliphatic rings. The second kappa shape index (κ2) is 11.0. The molecule has 0 aliphatic carbocycles. The molecular formula is C30H21F5N4O3. The first-order valence-electron chi connectivity index (χ1n) is 12.5. The number of aryl methyl sites for hydroxylation is 2. The SMILES string of the molecule is Cc1cc(F)c(Cn2cnc(=O)c3cc(Oc4cccc(C(=O)Nc5cccnc5C)c4C(F)(F)F)ccc32)c(F)c1. The molecular weight excluding hydrogens is 559 g/mol. The van der Waals surface area contributed by atoms with Gasteiger partial charge < -0.3 is 14.6 Å². The van der Waals surface area contributed by atoms with Crippen molar-refractivity contribution in [3.63, 3.8) is 0 Å². The maximum Gasteiger partial charge on any atom is 0.420 e. The number of carbonyl (C=O) groups is 1. The smallest absolute Gasteiger partial charge is 0.420 e. The number of hydrogen-bond acceptors (Lipinski definition) is 5. The van der Waals surface area contributed by atoms with Gasteiger partial charge in [0.1, 0.15) is 28.7 Å². The number of fused-ring (bicyclic) bond motifs is 1. The summed E-state index contributed by atoms with van der Waals surface area (Å²) in [7, 11) is 0. The summed E-state index contributed by atoms with van der Waals surface area (Å²) in [4.78, 5) is 33.2. The van der Waals surface area contributed by atoms with Crippen LogP contribution in [0.3, 0.4) is 0 Å². The van der Waals surface area contributed by atoms with Gasteiger partial charge in [-0.15, -0.1) is 0 Å². The quantitative estimate of drug-likeness (QED) is 0.223. The molecule has 42 heavy (non-hydrogen) atoms. The van der Waals surface area contributed by atoms with Crippen molar-refractivity contribution < 1.29 is 31.5 Å². The van der Waals surface area contributed by atoms with E-state index in [-0.39, 0.29) is 34.4 Å². The molecule has 214 valence electrons. The van der Waals surface area contributed by atoms with E-state index in [1.54, 1.807) is 13.8 Å². The third-order valence-electron chi connectivity index (χ3n) is 6.47. The molecule has 5 rings (SSSR count). The van der Waals surface area contributed by atoms with Gasteiger partial charge in [0, 0.05) is 11.8 Å². The lowest BCUT2D eigenvalue weighted by atomic mass is 10.0. The Labute approximate surface area is 235 Å². The average Bonchev–Trinajstić information content (AvgIpc) is 2.92. The van der Waals surface area contributed by atoms with Crippen LogP contribution in [0.25, 0.3) is 10.9 Å². The van der Waals surface area contributed by atoms with E-state index in [4.69, 9.17) is 4.74 Å². The van der Waals surface area contributed by atoms with Crippen LogP contribution in [0.2, 0.25) is 0 Å². The van der Waals surface area contributed by atoms with E-state index in [0.29, 0.717) is 11.3 Å². The number of rotatable bonds is 6. The lowest BCUT2D eigenvalue weighted by Crippen LogP contribution is -2.20. The van der Waals surface area contributed by atoms with Gasteiger partial charge in [-0.2, -0.15) is 18.2 Å². The van der Waals surface area contributed by atoms with Crippen LogP contribution in [0.4, 0.5) is 27.6 Å². The van der Waals surface area contributed by atoms with E-state index in [9.17, 15) is 31.5 Å². The molecule has 0 saturated carbocycles. The number of hydrogen-bond donors (Lipinski definition) is 1. The summed E-state index contributed by atoms with van der Waals surface area (Å²) in [5.41, 5.74) is -1.72. The number of carbonyl (C=O) groups excluding carboxylic acids is 1. The van der Waals surface area contributed by atoms with Crippen LogP contribution in [-0.4, -0.2) is 20.4 Å². The number of benzene rings is 3. The first kappa shape index (κ1) is 28.4. The predicted molar refractivity (Wildman–Crippen MR) is 145 cm³/mol. The van der Waals surface area contributed by atoms with Crippen LogP contribution < -0.4 is 15.6 Å². The van der Waals surface area contributed by atoms with Gasteiger partial charge in [0.2, 0.25) is 0 Å². The van der Waals surface area contributed by atoms with Crippen molar-refractivity contribution in [1.29, 1.82) is 0 Å². The van der Waals surface area contributed by atoms with Crippen molar-refractivity contribution in [3.05, 3.63) is 123 Å². The highest BCUT2D eigenvalue weighted by Crippen LogP contribution is 2.41. The molecule has 12 heteroatoms. The van der Waals surface area contributed by atoms with Crippen molar-refractivity contribution >= 4 is 22.5 Å². The lowest BCUT2D eigenvalue weighted by Gasteiger charge is -2.18. The van der Waals surface area contributed by atoms with Crippen molar-refractivity contribution in [3.8, 4) is 11.5 Å². The summed E-state index contributed by atoms with van der Waals surface area (Å²) in [6.07, 6.45) is -2.38. The monoisotopic (exact) mass is 580 g/mol. The number of amides is 1. The number of anilines is 1. The number of aromatic nitrogens is 3. The zero-order valence-corrected chi connectivity index (χ0v) is 22.1. The Kier molecular flexibility index (Phi) is 7.46. The standard InChI is InChI=1S/C30H21F5N4O3/c1-16-11-22(31)21(23(32)12-16)14-39-15-37-28(40)20-13-18(8-9-25(20)39)42-26-7-3-5-19(27(26)30(33,34)35)29(41)38-24-6-4-10-36-17(24)2/h3-13,15H,14H2,1-2H3,(H,38,41). The number of pyridine rings is 1. The lowest BCUT2D eigenvalue weighted by molar-refractivity contribution is -0.138. The van der Waals surface area contributed by atoms with E-state index < -0.39 is 46.2 Å². The summed E-state index contributed by atoms with van der Waals surface area (Å²) >= 11 is 0. The molecule has 1 amide bonds. The number of ether oxygens (including phenoxy) is 1. The summed E-state index contributed by atoms with van der Waals surface area (Å²) in [5, 5.41) is 2.38. The summed E-state index contributed by atoms with van der Waals surface area (Å²) in [5.74, 6) is -3.41. The molecule has 0 saturated heterocycles. The Morgan fingerprint density at radius 3 is 2.40 bits per heavy atom. The highest BCUT2D eigenvalue weighted by atomic mass is 19.4. The number of alkyl halides is 3. The Morgan fingerprint density at radius 1 is 0.976 bits per heavy atom. The summed E-state index contributed by atoms with van der Waals surface area (Å²) < 4.78 is 78.6. The third kappa shape index (κ3) is 5.69. The zero-order valence-electron chi connectivity index (χ0n) is 22.1.